The summed E-state index contributed by atoms with van der Waals surface area (Å²) in [6.45, 7) is 3.16. The molecule has 0 saturated carbocycles. The topological polar surface area (TPSA) is 71.6 Å². The molecule has 0 rings (SSSR count). The van der Waals surface area contributed by atoms with E-state index in [4.69, 9.17) is 0 Å². The van der Waals surface area contributed by atoms with E-state index in [1.165, 1.54) is 0 Å². The maximum absolute atomic E-state index is 9.59. The quantitative estimate of drug-likeness (QED) is 0.334. The minimum absolute atomic E-state index is 0. The predicted octanol–water partition coefficient (Wildman–Crippen LogP) is -4.43. The molecule has 44 valence electrons. The van der Waals surface area contributed by atoms with Crippen LogP contribution in [-0.2, 0) is 4.79 Å². The zero-order chi connectivity index (χ0) is 5.15. The van der Waals surface area contributed by atoms with Gasteiger partial charge in [0.1, 0.15) is 0 Å². The normalized spacial score (nSPS) is 6.88. The molecule has 0 aromatic heterocycles. The van der Waals surface area contributed by atoms with Crippen LogP contribution < -0.4 is 34.7 Å². The molecule has 0 spiro atoms. The third kappa shape index (κ3) is 9.66. The van der Waals surface area contributed by atoms with Crippen LogP contribution in [0.25, 0.3) is 0 Å². The van der Waals surface area contributed by atoms with E-state index in [1.54, 1.807) is 13.8 Å². The number of carboxylic acid groups (broad SMARTS) is 1. The summed E-state index contributed by atoms with van der Waals surface area (Å²) in [5, 5.41) is 9.59. The Balaban J connectivity index is -0.000000125. The van der Waals surface area contributed by atoms with Gasteiger partial charge in [-0.1, -0.05) is 13.8 Å². The van der Waals surface area contributed by atoms with Gasteiger partial charge >= 0.3 is 29.6 Å². The van der Waals surface area contributed by atoms with Crippen molar-refractivity contribution in [2.75, 3.05) is 0 Å². The third-order valence-electron chi connectivity index (χ3n) is 0.471. The Kier molecular flexibility index (Phi) is 14.7. The third-order valence-corrected chi connectivity index (χ3v) is 0.471. The van der Waals surface area contributed by atoms with Crippen molar-refractivity contribution in [3.63, 3.8) is 0 Å². The smallest absolute Gasteiger partial charge is 0.550 e. The summed E-state index contributed by atoms with van der Waals surface area (Å²) in [4.78, 5) is 9.59. The van der Waals surface area contributed by atoms with Crippen molar-refractivity contribution in [1.29, 1.82) is 0 Å². The SMILES string of the molecule is CC(C)C(=O)[O-].O.[Na+]. The summed E-state index contributed by atoms with van der Waals surface area (Å²) in [5.74, 6) is -1.33. The van der Waals surface area contributed by atoms with Crippen LogP contribution in [0.1, 0.15) is 13.8 Å². The molecular weight excluding hydrogens is 119 g/mol. The van der Waals surface area contributed by atoms with Gasteiger partial charge in [0.15, 0.2) is 0 Å². The van der Waals surface area contributed by atoms with Crippen molar-refractivity contribution < 1.29 is 44.9 Å². The first-order chi connectivity index (χ1) is 2.64. The Morgan fingerprint density at radius 2 is 1.62 bits per heavy atom. The first-order valence-corrected chi connectivity index (χ1v) is 1.85. The molecule has 0 aromatic rings. The van der Waals surface area contributed by atoms with Crippen molar-refractivity contribution in [3.8, 4) is 0 Å². The number of hydrogen-bond acceptors (Lipinski definition) is 2. The summed E-state index contributed by atoms with van der Waals surface area (Å²) >= 11 is 0. The minimum Gasteiger partial charge on any atom is -0.550 e. The van der Waals surface area contributed by atoms with Gasteiger partial charge in [0, 0.05) is 5.97 Å². The van der Waals surface area contributed by atoms with Crippen LogP contribution in [0.4, 0.5) is 0 Å². The van der Waals surface area contributed by atoms with Gasteiger partial charge in [-0.25, -0.2) is 0 Å². The molecule has 3 nitrogen and oxygen atoms in total. The molecule has 0 heterocycles. The summed E-state index contributed by atoms with van der Waals surface area (Å²) in [7, 11) is 0. The fourth-order valence-corrected chi connectivity index (χ4v) is 0. The molecule has 0 aliphatic carbocycles. The van der Waals surface area contributed by atoms with Gasteiger partial charge in [-0.3, -0.25) is 0 Å². The van der Waals surface area contributed by atoms with E-state index < -0.39 is 5.97 Å². The fourth-order valence-electron chi connectivity index (χ4n) is 0. The molecule has 0 bridgehead atoms. The first kappa shape index (κ1) is 15.8. The van der Waals surface area contributed by atoms with Crippen LogP contribution in [0.15, 0.2) is 0 Å². The average molecular weight is 128 g/mol. The second-order valence-electron chi connectivity index (χ2n) is 1.47. The molecule has 0 aromatic carbocycles. The van der Waals surface area contributed by atoms with Crippen molar-refractivity contribution in [2.45, 2.75) is 13.8 Å². The molecule has 0 fully saturated rings. The minimum atomic E-state index is -0.991. The number of carboxylic acids is 1. The van der Waals surface area contributed by atoms with Gasteiger partial charge in [-0.05, 0) is 5.92 Å². The molecule has 0 aliphatic rings. The molecule has 0 atom stereocenters. The molecule has 0 radical (unpaired) electrons. The molecule has 0 aliphatic heterocycles. The van der Waals surface area contributed by atoms with E-state index in [9.17, 15) is 9.90 Å². The molecular formula is C4H9NaO3. The Bertz CT molecular complexity index is 62.3. The zero-order valence-electron chi connectivity index (χ0n) is 5.39. The Morgan fingerprint density at radius 1 is 1.50 bits per heavy atom. The van der Waals surface area contributed by atoms with Crippen LogP contribution in [0, 0.1) is 5.92 Å². The number of aliphatic carboxylic acids is 1. The van der Waals surface area contributed by atoms with Crippen LogP contribution in [-0.4, -0.2) is 11.4 Å². The van der Waals surface area contributed by atoms with Gasteiger partial charge in [0.2, 0.25) is 0 Å². The van der Waals surface area contributed by atoms with Gasteiger partial charge in [0.25, 0.3) is 0 Å². The predicted molar refractivity (Wildman–Crippen MR) is 23.5 cm³/mol. The van der Waals surface area contributed by atoms with E-state index in [-0.39, 0.29) is 41.0 Å². The average Bonchev–Trinajstić information content (AvgIpc) is 1.36. The summed E-state index contributed by atoms with van der Waals surface area (Å²) in [6.07, 6.45) is 0. The monoisotopic (exact) mass is 128 g/mol. The molecule has 2 N–H and O–H groups in total. The van der Waals surface area contributed by atoms with Gasteiger partial charge in [0.05, 0.1) is 0 Å². The number of rotatable bonds is 1. The number of carbonyl (C=O) groups is 1. The molecule has 4 heteroatoms. The summed E-state index contributed by atoms with van der Waals surface area (Å²) < 4.78 is 0. The Morgan fingerprint density at radius 3 is 1.62 bits per heavy atom. The van der Waals surface area contributed by atoms with Crippen LogP contribution >= 0.6 is 0 Å². The second kappa shape index (κ2) is 7.43. The summed E-state index contributed by atoms with van der Waals surface area (Å²) in [5.41, 5.74) is 0. The van der Waals surface area contributed by atoms with Crippen LogP contribution in [0.3, 0.4) is 0 Å². The van der Waals surface area contributed by atoms with Crippen LogP contribution in [0.5, 0.6) is 0 Å². The van der Waals surface area contributed by atoms with Crippen molar-refractivity contribution in [2.24, 2.45) is 5.92 Å². The standard InChI is InChI=1S/C4H8O2.Na.H2O/c1-3(2)4(5)6;;/h3H,1-2H3,(H,5,6);;1H2/q;+1;/p-1. The Hall–Kier alpha value is 0.430. The van der Waals surface area contributed by atoms with E-state index >= 15 is 0 Å². The van der Waals surface area contributed by atoms with Crippen molar-refractivity contribution in [1.82, 2.24) is 0 Å². The van der Waals surface area contributed by atoms with Gasteiger partial charge < -0.3 is 15.4 Å². The van der Waals surface area contributed by atoms with E-state index in [2.05, 4.69) is 0 Å². The van der Waals surface area contributed by atoms with Gasteiger partial charge in [-0.15, -0.1) is 0 Å². The first-order valence-electron chi connectivity index (χ1n) is 1.85. The summed E-state index contributed by atoms with van der Waals surface area (Å²) in [6, 6.07) is 0. The van der Waals surface area contributed by atoms with Crippen molar-refractivity contribution in [3.05, 3.63) is 0 Å². The largest absolute Gasteiger partial charge is 1.00 e. The van der Waals surface area contributed by atoms with E-state index in [1.807, 2.05) is 0 Å². The maximum atomic E-state index is 9.59. The molecule has 0 unspecified atom stereocenters. The number of carbonyl (C=O) groups excluding carboxylic acids is 1. The van der Waals surface area contributed by atoms with E-state index in [0.29, 0.717) is 0 Å². The maximum Gasteiger partial charge on any atom is 1.00 e. The van der Waals surface area contributed by atoms with Crippen LogP contribution in [0.2, 0.25) is 0 Å². The van der Waals surface area contributed by atoms with Gasteiger partial charge in [-0.2, -0.15) is 0 Å². The molecule has 0 amide bonds. The zero-order valence-corrected chi connectivity index (χ0v) is 7.39. The fraction of sp³-hybridized carbons (Fsp3) is 0.750. The molecule has 8 heavy (non-hydrogen) atoms. The van der Waals surface area contributed by atoms with Crippen molar-refractivity contribution >= 4 is 5.97 Å². The second-order valence-corrected chi connectivity index (χ2v) is 1.47. The number of hydrogen-bond donors (Lipinski definition) is 0. The Labute approximate surface area is 70.7 Å². The molecule has 0 saturated heterocycles. The van der Waals surface area contributed by atoms with E-state index in [0.717, 1.165) is 0 Å².